The maximum Gasteiger partial charge on any atom is 0.255 e. The van der Waals surface area contributed by atoms with Crippen molar-refractivity contribution in [3.63, 3.8) is 0 Å². The zero-order valence-corrected chi connectivity index (χ0v) is 12.5. The number of carbonyl (C=O) groups excluding carboxylic acids is 1. The van der Waals surface area contributed by atoms with Crippen LogP contribution in [0.25, 0.3) is 5.82 Å². The molecule has 1 aromatic carbocycles. The number of nitrogens with zero attached hydrogens (tertiary/aromatic N) is 3. The number of halogens is 1. The van der Waals surface area contributed by atoms with Crippen LogP contribution >= 0.6 is 15.9 Å². The Morgan fingerprint density at radius 1 is 1.14 bits per heavy atom. The van der Waals surface area contributed by atoms with E-state index in [4.69, 9.17) is 0 Å². The monoisotopic (exact) mass is 342 g/mol. The Morgan fingerprint density at radius 3 is 2.81 bits per heavy atom. The van der Waals surface area contributed by atoms with Gasteiger partial charge in [0.2, 0.25) is 0 Å². The van der Waals surface area contributed by atoms with Crippen LogP contribution in [-0.2, 0) is 0 Å². The summed E-state index contributed by atoms with van der Waals surface area (Å²) >= 11 is 3.36. The number of benzene rings is 1. The maximum absolute atomic E-state index is 12.3. The molecule has 2 heterocycles. The first kappa shape index (κ1) is 13.5. The van der Waals surface area contributed by atoms with Gasteiger partial charge in [0.25, 0.3) is 5.91 Å². The third-order valence-electron chi connectivity index (χ3n) is 2.84. The maximum atomic E-state index is 12.3. The van der Waals surface area contributed by atoms with E-state index < -0.39 is 0 Å². The largest absolute Gasteiger partial charge is 0.319 e. The smallest absolute Gasteiger partial charge is 0.255 e. The SMILES string of the molecule is O=C(Nc1cccnc1-n1cccn1)c1cccc(Br)c1. The van der Waals surface area contributed by atoms with Crippen LogP contribution < -0.4 is 5.32 Å². The van der Waals surface area contributed by atoms with Gasteiger partial charge >= 0.3 is 0 Å². The lowest BCUT2D eigenvalue weighted by Crippen LogP contribution is -2.14. The fraction of sp³-hybridized carbons (Fsp3) is 0. The van der Waals surface area contributed by atoms with Crippen molar-refractivity contribution < 1.29 is 4.79 Å². The molecule has 0 radical (unpaired) electrons. The standard InChI is InChI=1S/C15H11BrN4O/c16-12-5-1-4-11(10-12)15(21)19-13-6-2-7-17-14(13)20-9-3-8-18-20/h1-10H,(H,19,21). The van der Waals surface area contributed by atoms with Gasteiger partial charge in [-0.2, -0.15) is 5.10 Å². The molecule has 0 atom stereocenters. The van der Waals surface area contributed by atoms with Gasteiger partial charge in [-0.15, -0.1) is 0 Å². The van der Waals surface area contributed by atoms with Crippen molar-refractivity contribution in [3.8, 4) is 5.82 Å². The minimum Gasteiger partial charge on any atom is -0.319 e. The second-order valence-electron chi connectivity index (χ2n) is 4.29. The lowest BCUT2D eigenvalue weighted by Gasteiger charge is -2.10. The summed E-state index contributed by atoms with van der Waals surface area (Å²) < 4.78 is 2.46. The Morgan fingerprint density at radius 2 is 2.05 bits per heavy atom. The van der Waals surface area contributed by atoms with Gasteiger partial charge in [-0.3, -0.25) is 4.79 Å². The normalized spacial score (nSPS) is 10.3. The van der Waals surface area contributed by atoms with Crippen molar-refractivity contribution in [2.24, 2.45) is 0 Å². The molecule has 0 aliphatic heterocycles. The van der Waals surface area contributed by atoms with Gasteiger partial charge in [-0.05, 0) is 36.4 Å². The van der Waals surface area contributed by atoms with Crippen molar-refractivity contribution in [2.45, 2.75) is 0 Å². The van der Waals surface area contributed by atoms with Crippen molar-refractivity contribution in [2.75, 3.05) is 5.32 Å². The summed E-state index contributed by atoms with van der Waals surface area (Å²) in [7, 11) is 0. The molecular formula is C15H11BrN4O. The van der Waals surface area contributed by atoms with Gasteiger partial charge in [-0.1, -0.05) is 22.0 Å². The molecule has 1 N–H and O–H groups in total. The van der Waals surface area contributed by atoms with E-state index in [0.717, 1.165) is 4.47 Å². The molecule has 3 aromatic rings. The first-order valence-corrected chi connectivity index (χ1v) is 7.05. The highest BCUT2D eigenvalue weighted by molar-refractivity contribution is 9.10. The number of pyridine rings is 1. The lowest BCUT2D eigenvalue weighted by molar-refractivity contribution is 0.102. The fourth-order valence-electron chi connectivity index (χ4n) is 1.90. The summed E-state index contributed by atoms with van der Waals surface area (Å²) in [6.07, 6.45) is 5.09. The highest BCUT2D eigenvalue weighted by Gasteiger charge is 2.11. The number of hydrogen-bond donors (Lipinski definition) is 1. The molecule has 0 aliphatic carbocycles. The first-order valence-electron chi connectivity index (χ1n) is 6.26. The van der Waals surface area contributed by atoms with Crippen LogP contribution in [0.4, 0.5) is 5.69 Å². The molecule has 3 rings (SSSR count). The number of anilines is 1. The summed E-state index contributed by atoms with van der Waals surface area (Å²) in [6.45, 7) is 0. The van der Waals surface area contributed by atoms with E-state index in [2.05, 4.69) is 31.3 Å². The minimum atomic E-state index is -0.197. The van der Waals surface area contributed by atoms with Crippen molar-refractivity contribution in [3.05, 3.63) is 71.1 Å². The van der Waals surface area contributed by atoms with Gasteiger partial charge in [0.15, 0.2) is 5.82 Å². The van der Waals surface area contributed by atoms with Crippen LogP contribution in [0.2, 0.25) is 0 Å². The molecule has 21 heavy (non-hydrogen) atoms. The van der Waals surface area contributed by atoms with E-state index >= 15 is 0 Å². The van der Waals surface area contributed by atoms with E-state index in [1.807, 2.05) is 12.1 Å². The second-order valence-corrected chi connectivity index (χ2v) is 5.21. The molecular weight excluding hydrogens is 332 g/mol. The molecule has 6 heteroatoms. The first-order chi connectivity index (χ1) is 10.2. The van der Waals surface area contributed by atoms with Crippen LogP contribution in [0.3, 0.4) is 0 Å². The molecule has 2 aromatic heterocycles. The van der Waals surface area contributed by atoms with Gasteiger partial charge in [0.05, 0.1) is 5.69 Å². The fourth-order valence-corrected chi connectivity index (χ4v) is 2.29. The summed E-state index contributed by atoms with van der Waals surface area (Å²) in [4.78, 5) is 16.6. The average Bonchev–Trinajstić information content (AvgIpc) is 3.02. The predicted octanol–water partition coefficient (Wildman–Crippen LogP) is 3.28. The highest BCUT2D eigenvalue weighted by atomic mass is 79.9. The molecule has 0 unspecified atom stereocenters. The van der Waals surface area contributed by atoms with Crippen molar-refractivity contribution in [1.29, 1.82) is 0 Å². The van der Waals surface area contributed by atoms with Crippen LogP contribution in [0.1, 0.15) is 10.4 Å². The highest BCUT2D eigenvalue weighted by Crippen LogP contribution is 2.18. The summed E-state index contributed by atoms with van der Waals surface area (Å²) in [5.41, 5.74) is 1.17. The van der Waals surface area contributed by atoms with Gasteiger partial charge in [0.1, 0.15) is 0 Å². The Hall–Kier alpha value is -2.47. The number of nitrogens with one attached hydrogen (secondary N) is 1. The molecule has 0 bridgehead atoms. The van der Waals surface area contributed by atoms with Crippen molar-refractivity contribution >= 4 is 27.5 Å². The van der Waals surface area contributed by atoms with E-state index in [1.165, 1.54) is 0 Å². The molecule has 5 nitrogen and oxygen atoms in total. The van der Waals surface area contributed by atoms with E-state index in [0.29, 0.717) is 17.1 Å². The van der Waals surface area contributed by atoms with Crippen LogP contribution in [-0.4, -0.2) is 20.7 Å². The van der Waals surface area contributed by atoms with E-state index in [1.54, 1.807) is 53.6 Å². The molecule has 0 spiro atoms. The van der Waals surface area contributed by atoms with Gasteiger partial charge in [-0.25, -0.2) is 9.67 Å². The average molecular weight is 343 g/mol. The third kappa shape index (κ3) is 3.00. The molecule has 0 saturated heterocycles. The van der Waals surface area contributed by atoms with Crippen LogP contribution in [0, 0.1) is 0 Å². The second kappa shape index (κ2) is 5.88. The van der Waals surface area contributed by atoms with Crippen LogP contribution in [0.15, 0.2) is 65.5 Å². The third-order valence-corrected chi connectivity index (χ3v) is 3.34. The Bertz CT molecular complexity index is 771. The number of hydrogen-bond acceptors (Lipinski definition) is 3. The van der Waals surface area contributed by atoms with Crippen LogP contribution in [0.5, 0.6) is 0 Å². The van der Waals surface area contributed by atoms with E-state index in [-0.39, 0.29) is 5.91 Å². The zero-order valence-electron chi connectivity index (χ0n) is 10.9. The summed E-state index contributed by atoms with van der Waals surface area (Å²) in [5.74, 6) is 0.378. The number of amides is 1. The lowest BCUT2D eigenvalue weighted by atomic mass is 10.2. The predicted molar refractivity (Wildman–Crippen MR) is 83.5 cm³/mol. The summed E-state index contributed by atoms with van der Waals surface area (Å²) in [6, 6.07) is 12.6. The Labute approximate surface area is 129 Å². The van der Waals surface area contributed by atoms with E-state index in [9.17, 15) is 4.79 Å². The topological polar surface area (TPSA) is 59.8 Å². The number of rotatable bonds is 3. The summed E-state index contributed by atoms with van der Waals surface area (Å²) in [5, 5.41) is 7.00. The molecule has 0 saturated carbocycles. The van der Waals surface area contributed by atoms with Gasteiger partial charge < -0.3 is 5.32 Å². The van der Waals surface area contributed by atoms with Crippen molar-refractivity contribution in [1.82, 2.24) is 14.8 Å². The molecule has 104 valence electrons. The molecule has 0 aliphatic rings. The number of aromatic nitrogens is 3. The Balaban J connectivity index is 1.90. The molecule has 1 amide bonds. The van der Waals surface area contributed by atoms with Gasteiger partial charge in [0, 0.05) is 28.6 Å². The zero-order chi connectivity index (χ0) is 14.7. The molecule has 0 fully saturated rings. The quantitative estimate of drug-likeness (QED) is 0.794. The number of carbonyl (C=O) groups is 1. The minimum absolute atomic E-state index is 0.197. The Kier molecular flexibility index (Phi) is 3.79.